The summed E-state index contributed by atoms with van der Waals surface area (Å²) in [4.78, 5) is 23.0. The summed E-state index contributed by atoms with van der Waals surface area (Å²) in [6.45, 7) is 2.46. The number of phenolic OH excluding ortho intramolecular Hbond substituents is 1. The lowest BCUT2D eigenvalue weighted by Crippen LogP contribution is -2.99. The lowest BCUT2D eigenvalue weighted by atomic mass is 10.2. The van der Waals surface area contributed by atoms with Crippen molar-refractivity contribution in [2.24, 2.45) is 4.99 Å². The SMILES string of the molecule is [O-][NH+](O)c1ccc(O)c(C=Nc2cccc(Nc3nc(N4CCOCC4)nc(N(c4ccccc4)c4ccccc4)n3)c2)c1. The van der Waals surface area contributed by atoms with Crippen LogP contribution in [0.5, 0.6) is 5.75 Å². The number of quaternary nitrogens is 1. The van der Waals surface area contributed by atoms with Crippen LogP contribution in [0.25, 0.3) is 0 Å². The number of aliphatic imine (C=N–C) groups is 1. The highest BCUT2D eigenvalue weighted by Crippen LogP contribution is 2.33. The number of anilines is 6. The zero-order valence-corrected chi connectivity index (χ0v) is 23.6. The van der Waals surface area contributed by atoms with Crippen molar-refractivity contribution in [2.45, 2.75) is 0 Å². The molecular weight excluding hydrogens is 560 g/mol. The minimum atomic E-state index is -1.09. The first-order chi connectivity index (χ1) is 21.5. The second kappa shape index (κ2) is 13.3. The molecule has 0 spiro atoms. The van der Waals surface area contributed by atoms with Gasteiger partial charge in [0.05, 0.1) is 18.9 Å². The monoisotopic (exact) mass is 590 g/mol. The van der Waals surface area contributed by atoms with E-state index in [-0.39, 0.29) is 11.4 Å². The number of hydrogen-bond acceptors (Lipinski definition) is 11. The number of para-hydroxylation sites is 2. The maximum Gasteiger partial charge on any atom is 0.241 e. The number of benzene rings is 4. The van der Waals surface area contributed by atoms with Crippen molar-refractivity contribution >= 4 is 52.5 Å². The quantitative estimate of drug-likeness (QED) is 0.107. The van der Waals surface area contributed by atoms with E-state index in [1.165, 1.54) is 24.4 Å². The van der Waals surface area contributed by atoms with E-state index < -0.39 is 5.23 Å². The standard InChI is InChI=1S/C32H30N8O4/c41-29-15-14-28(40(42)43)20-23(29)22-33-24-8-7-9-25(21-24)34-30-35-31(38-16-18-44-19-17-38)37-32(36-30)39(26-10-3-1-4-11-26)27-12-5-2-6-13-27/h1-15,20-22,40-42H,16-19H2,(H,34,35,36,37). The van der Waals surface area contributed by atoms with Gasteiger partial charge in [0.15, 0.2) is 5.69 Å². The van der Waals surface area contributed by atoms with Gasteiger partial charge in [-0.3, -0.25) is 9.89 Å². The van der Waals surface area contributed by atoms with Crippen LogP contribution in [-0.4, -0.2) is 57.8 Å². The molecule has 44 heavy (non-hydrogen) atoms. The Kier molecular flexibility index (Phi) is 8.66. The molecule has 5 aromatic rings. The van der Waals surface area contributed by atoms with Crippen molar-refractivity contribution < 1.29 is 20.3 Å². The van der Waals surface area contributed by atoms with Crippen molar-refractivity contribution in [3.63, 3.8) is 0 Å². The van der Waals surface area contributed by atoms with Crippen LogP contribution >= 0.6 is 0 Å². The van der Waals surface area contributed by atoms with E-state index in [0.29, 0.717) is 61.1 Å². The fraction of sp³-hybridized carbons (Fsp3) is 0.125. The third-order valence-electron chi connectivity index (χ3n) is 6.86. The van der Waals surface area contributed by atoms with Gasteiger partial charge in [0.25, 0.3) is 0 Å². The van der Waals surface area contributed by atoms with Gasteiger partial charge in [-0.2, -0.15) is 20.2 Å². The molecule has 0 aliphatic carbocycles. The van der Waals surface area contributed by atoms with Gasteiger partial charge in [0.2, 0.25) is 17.8 Å². The summed E-state index contributed by atoms with van der Waals surface area (Å²) in [6, 6.07) is 31.2. The van der Waals surface area contributed by atoms with Gasteiger partial charge in [-0.15, -0.1) is 0 Å². The summed E-state index contributed by atoms with van der Waals surface area (Å²) in [7, 11) is 0. The Balaban J connectivity index is 1.35. The molecule has 1 atom stereocenters. The van der Waals surface area contributed by atoms with Gasteiger partial charge in [0, 0.05) is 54.1 Å². The van der Waals surface area contributed by atoms with Crippen LogP contribution in [0.1, 0.15) is 5.56 Å². The highest BCUT2D eigenvalue weighted by atomic mass is 16.8. The maximum absolute atomic E-state index is 11.3. The second-order valence-corrected chi connectivity index (χ2v) is 9.88. The summed E-state index contributed by atoms with van der Waals surface area (Å²) in [5, 5.41) is 33.0. The first-order valence-corrected chi connectivity index (χ1v) is 14.0. The average Bonchev–Trinajstić information content (AvgIpc) is 3.06. The molecule has 0 radical (unpaired) electrons. The summed E-state index contributed by atoms with van der Waals surface area (Å²) >= 11 is 0. The molecule has 0 bridgehead atoms. The molecule has 0 amide bonds. The van der Waals surface area contributed by atoms with Crippen molar-refractivity contribution in [1.29, 1.82) is 0 Å². The Morgan fingerprint density at radius 1 is 0.864 bits per heavy atom. The molecule has 1 saturated heterocycles. The predicted molar refractivity (Wildman–Crippen MR) is 168 cm³/mol. The van der Waals surface area contributed by atoms with Gasteiger partial charge in [0.1, 0.15) is 5.75 Å². The second-order valence-electron chi connectivity index (χ2n) is 9.88. The fourth-order valence-corrected chi connectivity index (χ4v) is 4.68. The van der Waals surface area contributed by atoms with Crippen molar-refractivity contribution in [1.82, 2.24) is 15.0 Å². The molecule has 12 nitrogen and oxygen atoms in total. The smallest absolute Gasteiger partial charge is 0.241 e. The Bertz CT molecular complexity index is 1690. The third kappa shape index (κ3) is 6.80. The van der Waals surface area contributed by atoms with Gasteiger partial charge in [-0.25, -0.2) is 5.21 Å². The summed E-state index contributed by atoms with van der Waals surface area (Å²) in [6.07, 6.45) is 1.43. The van der Waals surface area contributed by atoms with E-state index >= 15 is 0 Å². The number of nitrogens with zero attached hydrogens (tertiary/aromatic N) is 6. The topological polar surface area (TPSA) is 147 Å². The van der Waals surface area contributed by atoms with E-state index in [1.54, 1.807) is 12.1 Å². The van der Waals surface area contributed by atoms with Crippen LogP contribution in [0, 0.1) is 5.21 Å². The molecule has 222 valence electrons. The Morgan fingerprint density at radius 2 is 1.57 bits per heavy atom. The normalized spacial score (nSPS) is 14.0. The Labute approximate surface area is 253 Å². The van der Waals surface area contributed by atoms with Gasteiger partial charge < -0.3 is 25.3 Å². The lowest BCUT2D eigenvalue weighted by Gasteiger charge is -2.29. The number of aromatic nitrogens is 3. The Hall–Kier alpha value is -5.40. The molecule has 4 N–H and O–H groups in total. The molecule has 1 aliphatic rings. The minimum absolute atomic E-state index is 0.0569. The molecule has 0 saturated carbocycles. The number of aromatic hydroxyl groups is 1. The van der Waals surface area contributed by atoms with Gasteiger partial charge in [-0.05, 0) is 48.5 Å². The molecule has 1 unspecified atom stereocenters. The van der Waals surface area contributed by atoms with Crippen molar-refractivity contribution in [2.75, 3.05) is 41.4 Å². The lowest BCUT2D eigenvalue weighted by molar-refractivity contribution is -0.991. The molecule has 1 aliphatic heterocycles. The molecule has 4 aromatic carbocycles. The first-order valence-electron chi connectivity index (χ1n) is 14.0. The third-order valence-corrected chi connectivity index (χ3v) is 6.86. The van der Waals surface area contributed by atoms with E-state index in [2.05, 4.69) is 15.2 Å². The minimum Gasteiger partial charge on any atom is -0.595 e. The Morgan fingerprint density at radius 3 is 2.25 bits per heavy atom. The largest absolute Gasteiger partial charge is 0.595 e. The molecule has 1 aromatic heterocycles. The number of morpholine rings is 1. The van der Waals surface area contributed by atoms with Crippen LogP contribution in [0.15, 0.2) is 108 Å². The maximum atomic E-state index is 11.3. The molecule has 1 fully saturated rings. The number of phenols is 1. The van der Waals surface area contributed by atoms with E-state index in [9.17, 15) is 15.5 Å². The predicted octanol–water partition coefficient (Wildman–Crippen LogP) is 4.78. The zero-order chi connectivity index (χ0) is 30.3. The van der Waals surface area contributed by atoms with Crippen LogP contribution in [0.4, 0.5) is 46.3 Å². The van der Waals surface area contributed by atoms with Crippen LogP contribution in [0.2, 0.25) is 0 Å². The van der Waals surface area contributed by atoms with Crippen molar-refractivity contribution in [3.05, 3.63) is 114 Å². The summed E-state index contributed by atoms with van der Waals surface area (Å²) in [5.41, 5.74) is 3.40. The molecule has 2 heterocycles. The van der Waals surface area contributed by atoms with E-state index in [0.717, 1.165) is 11.4 Å². The first kappa shape index (κ1) is 28.7. The number of nitrogens with one attached hydrogen (secondary N) is 2. The highest BCUT2D eigenvalue weighted by molar-refractivity contribution is 5.86. The van der Waals surface area contributed by atoms with Crippen LogP contribution in [-0.2, 0) is 4.74 Å². The molecule has 12 heteroatoms. The summed E-state index contributed by atoms with van der Waals surface area (Å²) in [5.74, 6) is 1.26. The van der Waals surface area contributed by atoms with Gasteiger partial charge >= 0.3 is 0 Å². The average molecular weight is 591 g/mol. The zero-order valence-electron chi connectivity index (χ0n) is 23.6. The molecule has 6 rings (SSSR count). The highest BCUT2D eigenvalue weighted by Gasteiger charge is 2.21. The van der Waals surface area contributed by atoms with Crippen LogP contribution in [0.3, 0.4) is 0 Å². The molecular formula is C32H30N8O4. The number of rotatable bonds is 9. The number of hydrogen-bond donors (Lipinski definition) is 4. The van der Waals surface area contributed by atoms with Crippen molar-refractivity contribution in [3.8, 4) is 5.75 Å². The number of ether oxygens (including phenoxy) is 1. The van der Waals surface area contributed by atoms with Crippen LogP contribution < -0.4 is 20.3 Å². The summed E-state index contributed by atoms with van der Waals surface area (Å²) < 4.78 is 5.56. The van der Waals surface area contributed by atoms with Gasteiger partial charge in [-0.1, -0.05) is 42.5 Å². The van der Waals surface area contributed by atoms with E-state index in [4.69, 9.17) is 19.7 Å². The van der Waals surface area contributed by atoms with E-state index in [1.807, 2.05) is 77.7 Å². The fourth-order valence-electron chi connectivity index (χ4n) is 4.68.